The van der Waals surface area contributed by atoms with Crippen molar-refractivity contribution >= 4 is 29.5 Å². The number of amides is 1. The van der Waals surface area contributed by atoms with Gasteiger partial charge in [0.1, 0.15) is 4.64 Å². The van der Waals surface area contributed by atoms with E-state index in [1.807, 2.05) is 0 Å². The maximum Gasteiger partial charge on any atom is 0.434 e. The highest BCUT2D eigenvalue weighted by Crippen LogP contribution is 2.35. The molecule has 0 radical (unpaired) electrons. The minimum atomic E-state index is -4.43. The van der Waals surface area contributed by atoms with Gasteiger partial charge in [0.2, 0.25) is 0 Å². The highest BCUT2D eigenvalue weighted by atomic mass is 32.1. The largest absolute Gasteiger partial charge is 0.434 e. The molecule has 128 valence electrons. The Morgan fingerprint density at radius 2 is 2.25 bits per heavy atom. The summed E-state index contributed by atoms with van der Waals surface area (Å²) in [5.74, 6) is -0.376. The number of thiazole rings is 1. The monoisotopic (exact) mass is 373 g/mol. The molecule has 3 rings (SSSR count). The summed E-state index contributed by atoms with van der Waals surface area (Å²) in [6.45, 7) is 0.920. The second-order valence-corrected chi connectivity index (χ2v) is 6.87. The zero-order valence-corrected chi connectivity index (χ0v) is 14.1. The molecule has 2 aromatic rings. The van der Waals surface area contributed by atoms with Crippen LogP contribution < -0.4 is 0 Å². The van der Waals surface area contributed by atoms with E-state index in [9.17, 15) is 18.0 Å². The number of piperidine rings is 1. The van der Waals surface area contributed by atoms with Crippen molar-refractivity contribution in [3.63, 3.8) is 0 Å². The van der Waals surface area contributed by atoms with Crippen LogP contribution in [0.5, 0.6) is 0 Å². The van der Waals surface area contributed by atoms with Gasteiger partial charge in [-0.25, -0.2) is 4.98 Å². The third-order valence-electron chi connectivity index (χ3n) is 3.92. The van der Waals surface area contributed by atoms with Gasteiger partial charge in [0, 0.05) is 30.6 Å². The Balaban J connectivity index is 1.77. The van der Waals surface area contributed by atoms with Gasteiger partial charge in [0.05, 0.1) is 10.6 Å². The minimum Gasteiger partial charge on any atom is -0.352 e. The zero-order valence-electron chi connectivity index (χ0n) is 12.5. The van der Waals surface area contributed by atoms with Crippen molar-refractivity contribution in [1.29, 1.82) is 0 Å². The van der Waals surface area contributed by atoms with Gasteiger partial charge in [-0.3, -0.25) is 4.79 Å². The van der Waals surface area contributed by atoms with Crippen LogP contribution in [0.15, 0.2) is 23.7 Å². The number of hydrogen-bond acceptors (Lipinski definition) is 4. The molecule has 1 atom stereocenters. The van der Waals surface area contributed by atoms with Crippen LogP contribution in [0.4, 0.5) is 13.2 Å². The molecule has 0 saturated carbocycles. The summed E-state index contributed by atoms with van der Waals surface area (Å²) in [7, 11) is 0. The van der Waals surface area contributed by atoms with Crippen LogP contribution >= 0.6 is 23.6 Å². The Hall–Kier alpha value is -1.74. The molecule has 4 nitrogen and oxygen atoms in total. The number of aromatic nitrogens is 2. The molecule has 0 unspecified atom stereocenters. The molecule has 0 spiro atoms. The van der Waals surface area contributed by atoms with Gasteiger partial charge in [-0.1, -0.05) is 12.2 Å². The molecular formula is C15H14F3N3OS2. The number of carbonyl (C=O) groups excluding carboxylic acids is 1. The Morgan fingerprint density at radius 3 is 2.92 bits per heavy atom. The van der Waals surface area contributed by atoms with Crippen molar-refractivity contribution in [1.82, 2.24) is 14.9 Å². The Labute approximate surface area is 145 Å². The second kappa shape index (κ2) is 6.64. The first-order chi connectivity index (χ1) is 11.4. The number of nitrogens with zero attached hydrogens (tertiary/aromatic N) is 2. The third kappa shape index (κ3) is 3.51. The zero-order chi connectivity index (χ0) is 17.3. The number of H-pyrrole nitrogens is 1. The maximum absolute atomic E-state index is 12.7. The molecule has 9 heteroatoms. The number of nitrogens with one attached hydrogen (secondary N) is 1. The summed E-state index contributed by atoms with van der Waals surface area (Å²) in [5.41, 5.74) is -0.459. The van der Waals surface area contributed by atoms with Crippen molar-refractivity contribution in [2.45, 2.75) is 24.9 Å². The van der Waals surface area contributed by atoms with E-state index in [0.717, 1.165) is 29.6 Å². The summed E-state index contributed by atoms with van der Waals surface area (Å²) >= 11 is 6.13. The Kier molecular flexibility index (Phi) is 4.73. The standard InChI is InChI=1S/C15H14F3N3OS2/c16-15(17,18)11-8-24-13(20-11)9-3-2-6-21(7-9)14(22)10-4-1-5-19-12(10)23/h1,4-5,8-9H,2-3,6-7H2,(H,19,23)/t9-/m1/s1. The predicted molar refractivity (Wildman–Crippen MR) is 86.6 cm³/mol. The molecule has 0 bridgehead atoms. The number of hydrogen-bond donors (Lipinski definition) is 1. The quantitative estimate of drug-likeness (QED) is 0.801. The third-order valence-corrected chi connectivity index (χ3v) is 5.26. The van der Waals surface area contributed by atoms with Crippen LogP contribution in [0.3, 0.4) is 0 Å². The fourth-order valence-corrected chi connectivity index (χ4v) is 3.91. The van der Waals surface area contributed by atoms with Crippen LogP contribution in [0, 0.1) is 4.64 Å². The molecule has 1 aliphatic rings. The molecular weight excluding hydrogens is 359 g/mol. The lowest BCUT2D eigenvalue weighted by Crippen LogP contribution is -2.39. The lowest BCUT2D eigenvalue weighted by atomic mass is 9.98. The number of halogens is 3. The summed E-state index contributed by atoms with van der Waals surface area (Å²) in [6, 6.07) is 3.34. The van der Waals surface area contributed by atoms with E-state index in [-0.39, 0.29) is 11.8 Å². The van der Waals surface area contributed by atoms with Gasteiger partial charge in [-0.2, -0.15) is 13.2 Å². The highest BCUT2D eigenvalue weighted by Gasteiger charge is 2.35. The van der Waals surface area contributed by atoms with Crippen LogP contribution in [0.25, 0.3) is 0 Å². The van der Waals surface area contributed by atoms with E-state index in [1.54, 1.807) is 23.2 Å². The van der Waals surface area contributed by atoms with Crippen LogP contribution in [0.2, 0.25) is 0 Å². The second-order valence-electron chi connectivity index (χ2n) is 5.57. The van der Waals surface area contributed by atoms with E-state index >= 15 is 0 Å². The van der Waals surface area contributed by atoms with Gasteiger partial charge in [0.15, 0.2) is 5.69 Å². The average molecular weight is 373 g/mol. The summed E-state index contributed by atoms with van der Waals surface area (Å²) < 4.78 is 38.5. The van der Waals surface area contributed by atoms with Gasteiger partial charge >= 0.3 is 6.18 Å². The van der Waals surface area contributed by atoms with Gasteiger partial charge in [0.25, 0.3) is 5.91 Å². The number of alkyl halides is 3. The molecule has 3 heterocycles. The van der Waals surface area contributed by atoms with Crippen LogP contribution in [-0.4, -0.2) is 33.9 Å². The average Bonchev–Trinajstić information content (AvgIpc) is 3.05. The van der Waals surface area contributed by atoms with Crippen molar-refractivity contribution < 1.29 is 18.0 Å². The first-order valence-electron chi connectivity index (χ1n) is 7.36. The molecule has 0 aliphatic carbocycles. The SMILES string of the molecule is O=C(c1ccc[nH]c1=S)N1CCC[C@@H](c2nc(C(F)(F)F)cs2)C1. The first kappa shape index (κ1) is 17.1. The van der Waals surface area contributed by atoms with E-state index in [0.29, 0.717) is 28.3 Å². The molecule has 1 fully saturated rings. The number of aromatic amines is 1. The van der Waals surface area contributed by atoms with E-state index in [4.69, 9.17) is 12.2 Å². The molecule has 0 aromatic carbocycles. The summed E-state index contributed by atoms with van der Waals surface area (Å²) in [5, 5.41) is 1.46. The number of carbonyl (C=O) groups is 1. The molecule has 2 aromatic heterocycles. The van der Waals surface area contributed by atoms with E-state index in [2.05, 4.69) is 9.97 Å². The van der Waals surface area contributed by atoms with Gasteiger partial charge in [-0.05, 0) is 25.0 Å². The van der Waals surface area contributed by atoms with Crippen molar-refractivity contribution in [2.24, 2.45) is 0 Å². The number of likely N-dealkylation sites (tertiary alicyclic amines) is 1. The number of rotatable bonds is 2. The number of pyridine rings is 1. The van der Waals surface area contributed by atoms with Crippen molar-refractivity contribution in [3.8, 4) is 0 Å². The van der Waals surface area contributed by atoms with Crippen LogP contribution in [0.1, 0.15) is 39.8 Å². The molecule has 1 amide bonds. The fourth-order valence-electron chi connectivity index (χ4n) is 2.73. The molecule has 1 N–H and O–H groups in total. The molecule has 1 aliphatic heterocycles. The Bertz CT molecular complexity index is 800. The van der Waals surface area contributed by atoms with Gasteiger partial charge in [-0.15, -0.1) is 11.3 Å². The smallest absolute Gasteiger partial charge is 0.352 e. The van der Waals surface area contributed by atoms with E-state index < -0.39 is 11.9 Å². The predicted octanol–water partition coefficient (Wildman–Crippen LogP) is 4.24. The van der Waals surface area contributed by atoms with Gasteiger partial charge < -0.3 is 9.88 Å². The lowest BCUT2D eigenvalue weighted by Gasteiger charge is -2.31. The first-order valence-corrected chi connectivity index (χ1v) is 8.64. The topological polar surface area (TPSA) is 49.0 Å². The van der Waals surface area contributed by atoms with E-state index in [1.165, 1.54) is 0 Å². The summed E-state index contributed by atoms with van der Waals surface area (Å²) in [6.07, 6.45) is -1.35. The van der Waals surface area contributed by atoms with Crippen molar-refractivity contribution in [3.05, 3.63) is 44.6 Å². The minimum absolute atomic E-state index is 0.176. The lowest BCUT2D eigenvalue weighted by molar-refractivity contribution is -0.140. The fraction of sp³-hybridized carbons (Fsp3) is 0.400. The maximum atomic E-state index is 12.7. The highest BCUT2D eigenvalue weighted by molar-refractivity contribution is 7.71. The molecule has 24 heavy (non-hydrogen) atoms. The normalized spacial score (nSPS) is 18.6. The molecule has 1 saturated heterocycles. The van der Waals surface area contributed by atoms with Crippen molar-refractivity contribution in [2.75, 3.05) is 13.1 Å². The van der Waals surface area contributed by atoms with Crippen LogP contribution in [-0.2, 0) is 6.18 Å². The Morgan fingerprint density at radius 1 is 1.46 bits per heavy atom. The summed E-state index contributed by atoms with van der Waals surface area (Å²) in [4.78, 5) is 20.8.